The zero-order chi connectivity index (χ0) is 13.9. The highest BCUT2D eigenvalue weighted by atomic mass is 32.2. The average molecular weight is 291 g/mol. The molecule has 2 rings (SSSR count). The maximum atomic E-state index is 12.6. The van der Waals surface area contributed by atoms with Crippen molar-refractivity contribution in [2.24, 2.45) is 5.73 Å². The molecule has 19 heavy (non-hydrogen) atoms. The van der Waals surface area contributed by atoms with Gasteiger partial charge in [0.15, 0.2) is 0 Å². The SMILES string of the molecule is CN(C1CCCCC1)S(=O)(=O)N1CCOC(CN)C1. The first-order valence-corrected chi connectivity index (χ1v) is 8.50. The molecule has 1 aliphatic heterocycles. The predicted octanol–water partition coefficient (Wildman–Crippen LogP) is 0.155. The Morgan fingerprint density at radius 1 is 1.32 bits per heavy atom. The standard InChI is InChI=1S/C12H25N3O3S/c1-14(11-5-3-2-4-6-11)19(16,17)15-7-8-18-12(9-13)10-15/h11-12H,2-10,13H2,1H3. The fraction of sp³-hybridized carbons (Fsp3) is 1.00. The third-order valence-corrected chi connectivity index (χ3v) is 6.15. The van der Waals surface area contributed by atoms with Crippen molar-refractivity contribution in [1.29, 1.82) is 0 Å². The highest BCUT2D eigenvalue weighted by molar-refractivity contribution is 7.86. The van der Waals surface area contributed by atoms with Crippen molar-refractivity contribution < 1.29 is 13.2 Å². The summed E-state index contributed by atoms with van der Waals surface area (Å²) in [7, 11) is -1.67. The lowest BCUT2D eigenvalue weighted by atomic mass is 9.96. The summed E-state index contributed by atoms with van der Waals surface area (Å²) in [4.78, 5) is 0. The van der Waals surface area contributed by atoms with Gasteiger partial charge in [-0.15, -0.1) is 0 Å². The van der Waals surface area contributed by atoms with E-state index < -0.39 is 10.2 Å². The van der Waals surface area contributed by atoms with Crippen LogP contribution in [0.5, 0.6) is 0 Å². The Morgan fingerprint density at radius 3 is 2.63 bits per heavy atom. The molecule has 1 saturated heterocycles. The number of rotatable bonds is 4. The predicted molar refractivity (Wildman–Crippen MR) is 73.9 cm³/mol. The molecular weight excluding hydrogens is 266 g/mol. The van der Waals surface area contributed by atoms with E-state index in [9.17, 15) is 8.42 Å². The molecule has 0 amide bonds. The van der Waals surface area contributed by atoms with E-state index in [-0.39, 0.29) is 12.1 Å². The summed E-state index contributed by atoms with van der Waals surface area (Å²) < 4.78 is 33.7. The van der Waals surface area contributed by atoms with E-state index in [1.807, 2.05) is 0 Å². The number of nitrogens with two attached hydrogens (primary N) is 1. The first kappa shape index (κ1) is 15.2. The second-order valence-corrected chi connectivity index (χ2v) is 7.39. The molecule has 7 heteroatoms. The second-order valence-electron chi connectivity index (χ2n) is 5.40. The van der Waals surface area contributed by atoms with Crippen molar-refractivity contribution in [3.8, 4) is 0 Å². The lowest BCUT2D eigenvalue weighted by Crippen LogP contribution is -2.54. The third-order valence-electron chi connectivity index (χ3n) is 4.14. The summed E-state index contributed by atoms with van der Waals surface area (Å²) in [5, 5.41) is 0. The largest absolute Gasteiger partial charge is 0.374 e. The normalized spacial score (nSPS) is 27.8. The van der Waals surface area contributed by atoms with Gasteiger partial charge in [-0.05, 0) is 12.8 Å². The van der Waals surface area contributed by atoms with E-state index in [1.165, 1.54) is 10.7 Å². The van der Waals surface area contributed by atoms with Gasteiger partial charge in [0.05, 0.1) is 12.7 Å². The first-order valence-electron chi connectivity index (χ1n) is 7.10. The van der Waals surface area contributed by atoms with Crippen LogP contribution < -0.4 is 5.73 Å². The van der Waals surface area contributed by atoms with E-state index in [4.69, 9.17) is 10.5 Å². The molecule has 1 aliphatic carbocycles. The zero-order valence-corrected chi connectivity index (χ0v) is 12.4. The summed E-state index contributed by atoms with van der Waals surface area (Å²) in [5.74, 6) is 0. The second kappa shape index (κ2) is 6.49. The van der Waals surface area contributed by atoms with Crippen LogP contribution in [0.4, 0.5) is 0 Å². The molecular formula is C12H25N3O3S. The lowest BCUT2D eigenvalue weighted by molar-refractivity contribution is 0.00236. The molecule has 0 spiro atoms. The molecule has 112 valence electrons. The number of morpholine rings is 1. The van der Waals surface area contributed by atoms with E-state index in [1.54, 1.807) is 11.4 Å². The van der Waals surface area contributed by atoms with Gasteiger partial charge in [-0.3, -0.25) is 0 Å². The molecule has 0 radical (unpaired) electrons. The summed E-state index contributed by atoms with van der Waals surface area (Å²) in [5.41, 5.74) is 5.57. The van der Waals surface area contributed by atoms with Gasteiger partial charge in [-0.2, -0.15) is 17.0 Å². The molecule has 2 N–H and O–H groups in total. The number of nitrogens with zero attached hydrogens (tertiary/aromatic N) is 2. The molecule has 2 aliphatic rings. The molecule has 6 nitrogen and oxygen atoms in total. The summed E-state index contributed by atoms with van der Waals surface area (Å²) in [6, 6.07) is 0.151. The molecule has 0 aromatic rings. The Labute approximate surface area is 116 Å². The van der Waals surface area contributed by atoms with Crippen molar-refractivity contribution in [2.75, 3.05) is 33.3 Å². The highest BCUT2D eigenvalue weighted by Gasteiger charge is 2.35. The molecule has 0 aromatic heterocycles. The monoisotopic (exact) mass is 291 g/mol. The van der Waals surface area contributed by atoms with Gasteiger partial charge in [-0.1, -0.05) is 19.3 Å². The molecule has 0 bridgehead atoms. The maximum Gasteiger partial charge on any atom is 0.282 e. The Bertz CT molecular complexity index is 374. The fourth-order valence-corrected chi connectivity index (χ4v) is 4.47. The number of ether oxygens (including phenoxy) is 1. The van der Waals surface area contributed by atoms with Crippen LogP contribution in [0.3, 0.4) is 0 Å². The molecule has 0 aromatic carbocycles. The van der Waals surface area contributed by atoms with Crippen LogP contribution in [-0.4, -0.2) is 62.5 Å². The van der Waals surface area contributed by atoms with Crippen LogP contribution >= 0.6 is 0 Å². The minimum atomic E-state index is -3.37. The van der Waals surface area contributed by atoms with Crippen molar-refractivity contribution in [3.05, 3.63) is 0 Å². The van der Waals surface area contributed by atoms with Crippen LogP contribution in [-0.2, 0) is 14.9 Å². The number of hydrogen-bond acceptors (Lipinski definition) is 4. The van der Waals surface area contributed by atoms with Crippen molar-refractivity contribution in [2.45, 2.75) is 44.2 Å². The topological polar surface area (TPSA) is 75.9 Å². The fourth-order valence-electron chi connectivity index (χ4n) is 2.86. The first-order chi connectivity index (χ1) is 9.05. The van der Waals surface area contributed by atoms with Gasteiger partial charge in [0.1, 0.15) is 0 Å². The molecule has 1 saturated carbocycles. The highest BCUT2D eigenvalue weighted by Crippen LogP contribution is 2.25. The van der Waals surface area contributed by atoms with E-state index in [0.29, 0.717) is 26.2 Å². The van der Waals surface area contributed by atoms with Gasteiger partial charge >= 0.3 is 0 Å². The van der Waals surface area contributed by atoms with Gasteiger partial charge in [0.25, 0.3) is 10.2 Å². The lowest BCUT2D eigenvalue weighted by Gasteiger charge is -2.37. The van der Waals surface area contributed by atoms with Crippen LogP contribution in [0.15, 0.2) is 0 Å². The van der Waals surface area contributed by atoms with Crippen LogP contribution in [0.1, 0.15) is 32.1 Å². The molecule has 2 fully saturated rings. The van der Waals surface area contributed by atoms with Crippen LogP contribution in [0, 0.1) is 0 Å². The zero-order valence-electron chi connectivity index (χ0n) is 11.6. The van der Waals surface area contributed by atoms with Gasteiger partial charge in [0.2, 0.25) is 0 Å². The summed E-state index contributed by atoms with van der Waals surface area (Å²) in [6.07, 6.45) is 5.24. The van der Waals surface area contributed by atoms with Crippen molar-refractivity contribution in [3.63, 3.8) is 0 Å². The quantitative estimate of drug-likeness (QED) is 0.800. The van der Waals surface area contributed by atoms with Crippen LogP contribution in [0.25, 0.3) is 0 Å². The summed E-state index contributed by atoms with van der Waals surface area (Å²) >= 11 is 0. The molecule has 1 heterocycles. The minimum absolute atomic E-state index is 0.151. The van der Waals surface area contributed by atoms with Gasteiger partial charge in [0, 0.05) is 32.7 Å². The van der Waals surface area contributed by atoms with E-state index in [0.717, 1.165) is 25.7 Å². The van der Waals surface area contributed by atoms with Gasteiger partial charge in [-0.25, -0.2) is 0 Å². The van der Waals surface area contributed by atoms with E-state index in [2.05, 4.69) is 0 Å². The maximum absolute atomic E-state index is 12.6. The van der Waals surface area contributed by atoms with Crippen molar-refractivity contribution >= 4 is 10.2 Å². The van der Waals surface area contributed by atoms with Crippen molar-refractivity contribution in [1.82, 2.24) is 8.61 Å². The number of hydrogen-bond donors (Lipinski definition) is 1. The average Bonchev–Trinajstić information content (AvgIpc) is 2.47. The molecule has 1 atom stereocenters. The summed E-state index contributed by atoms with van der Waals surface area (Å²) in [6.45, 7) is 1.59. The Morgan fingerprint density at radius 2 is 2.00 bits per heavy atom. The Kier molecular flexibility index (Phi) is 5.19. The Hall–Kier alpha value is -0.210. The third kappa shape index (κ3) is 3.46. The van der Waals surface area contributed by atoms with E-state index >= 15 is 0 Å². The van der Waals surface area contributed by atoms with Gasteiger partial charge < -0.3 is 10.5 Å². The Balaban J connectivity index is 2.03. The minimum Gasteiger partial charge on any atom is -0.374 e. The van der Waals surface area contributed by atoms with Crippen LogP contribution in [0.2, 0.25) is 0 Å². The smallest absolute Gasteiger partial charge is 0.282 e. The molecule has 1 unspecified atom stereocenters.